The summed E-state index contributed by atoms with van der Waals surface area (Å²) >= 11 is 0. The zero-order chi connectivity index (χ0) is 13.2. The van der Waals surface area contributed by atoms with Gasteiger partial charge in [0, 0.05) is 11.3 Å². The van der Waals surface area contributed by atoms with Gasteiger partial charge in [0.1, 0.15) is 5.75 Å². The summed E-state index contributed by atoms with van der Waals surface area (Å²) in [6.07, 6.45) is 2.73. The van der Waals surface area contributed by atoms with Gasteiger partial charge >= 0.3 is 0 Å². The number of aryl methyl sites for hydroxylation is 1. The molecule has 98 valence electrons. The summed E-state index contributed by atoms with van der Waals surface area (Å²) in [4.78, 5) is 19.1. The van der Waals surface area contributed by atoms with E-state index in [1.165, 1.54) is 0 Å². The molecule has 0 saturated heterocycles. The highest BCUT2D eigenvalue weighted by molar-refractivity contribution is 5.54. The molecule has 2 N–H and O–H groups in total. The van der Waals surface area contributed by atoms with E-state index >= 15 is 0 Å². The molecular formula is C14H15N3O2. The Morgan fingerprint density at radius 3 is 2.79 bits per heavy atom. The van der Waals surface area contributed by atoms with Crippen LogP contribution in [-0.2, 0) is 12.8 Å². The third-order valence-corrected chi connectivity index (χ3v) is 3.29. The highest BCUT2D eigenvalue weighted by Crippen LogP contribution is 2.20. The summed E-state index contributed by atoms with van der Waals surface area (Å²) in [5, 5.41) is 3.10. The van der Waals surface area contributed by atoms with Gasteiger partial charge in [0.2, 0.25) is 5.95 Å². The Bertz CT molecular complexity index is 647. The quantitative estimate of drug-likeness (QED) is 0.882. The fourth-order valence-electron chi connectivity index (χ4n) is 2.31. The van der Waals surface area contributed by atoms with Crippen LogP contribution in [0.2, 0.25) is 0 Å². The van der Waals surface area contributed by atoms with Crippen LogP contribution in [0.5, 0.6) is 5.75 Å². The molecule has 1 aliphatic carbocycles. The Kier molecular flexibility index (Phi) is 2.95. The fourth-order valence-corrected chi connectivity index (χ4v) is 2.31. The van der Waals surface area contributed by atoms with Crippen molar-refractivity contribution in [2.75, 3.05) is 12.4 Å². The normalized spacial score (nSPS) is 13.1. The van der Waals surface area contributed by atoms with E-state index < -0.39 is 0 Å². The average molecular weight is 257 g/mol. The third kappa shape index (κ3) is 2.31. The van der Waals surface area contributed by atoms with Crippen molar-refractivity contribution in [3.05, 3.63) is 45.9 Å². The van der Waals surface area contributed by atoms with Crippen molar-refractivity contribution in [2.45, 2.75) is 19.3 Å². The standard InChI is InChI=1S/C14H15N3O2/c1-19-10-7-5-9(6-8-10)15-14-16-12-4-2-3-11(12)13(18)17-14/h5-8H,2-4H2,1H3,(H2,15,16,17,18). The minimum absolute atomic E-state index is 0.0292. The SMILES string of the molecule is COc1ccc(Nc2nc3c(c(=O)[nH]2)CCC3)cc1. The summed E-state index contributed by atoms with van der Waals surface area (Å²) in [5.41, 5.74) is 2.58. The number of nitrogens with one attached hydrogen (secondary N) is 2. The van der Waals surface area contributed by atoms with E-state index in [1.807, 2.05) is 24.3 Å². The lowest BCUT2D eigenvalue weighted by molar-refractivity contribution is 0.415. The van der Waals surface area contributed by atoms with Crippen molar-refractivity contribution in [3.63, 3.8) is 0 Å². The third-order valence-electron chi connectivity index (χ3n) is 3.29. The van der Waals surface area contributed by atoms with Gasteiger partial charge in [-0.1, -0.05) is 0 Å². The number of rotatable bonds is 3. The van der Waals surface area contributed by atoms with Crippen molar-refractivity contribution in [3.8, 4) is 5.75 Å². The second kappa shape index (κ2) is 4.76. The first-order valence-electron chi connectivity index (χ1n) is 6.29. The monoisotopic (exact) mass is 257 g/mol. The minimum Gasteiger partial charge on any atom is -0.497 e. The van der Waals surface area contributed by atoms with Gasteiger partial charge in [0.25, 0.3) is 5.56 Å². The first kappa shape index (κ1) is 11.8. The molecule has 0 radical (unpaired) electrons. The number of hydrogen-bond donors (Lipinski definition) is 2. The van der Waals surface area contributed by atoms with Crippen LogP contribution >= 0.6 is 0 Å². The van der Waals surface area contributed by atoms with Crippen molar-refractivity contribution < 1.29 is 4.74 Å². The maximum absolute atomic E-state index is 11.9. The zero-order valence-corrected chi connectivity index (χ0v) is 10.7. The topological polar surface area (TPSA) is 67.0 Å². The van der Waals surface area contributed by atoms with Gasteiger partial charge < -0.3 is 10.1 Å². The first-order valence-corrected chi connectivity index (χ1v) is 6.29. The molecule has 0 spiro atoms. The first-order chi connectivity index (χ1) is 9.26. The summed E-state index contributed by atoms with van der Waals surface area (Å²) < 4.78 is 5.10. The molecule has 0 saturated carbocycles. The number of methoxy groups -OCH3 is 1. The zero-order valence-electron chi connectivity index (χ0n) is 10.7. The second-order valence-electron chi connectivity index (χ2n) is 4.55. The second-order valence-corrected chi connectivity index (χ2v) is 4.55. The van der Waals surface area contributed by atoms with Crippen LogP contribution in [0.15, 0.2) is 29.1 Å². The number of aromatic amines is 1. The van der Waals surface area contributed by atoms with Crippen LogP contribution in [-0.4, -0.2) is 17.1 Å². The molecule has 5 nitrogen and oxygen atoms in total. The number of fused-ring (bicyclic) bond motifs is 1. The van der Waals surface area contributed by atoms with Crippen LogP contribution in [0.3, 0.4) is 0 Å². The highest BCUT2D eigenvalue weighted by Gasteiger charge is 2.16. The lowest BCUT2D eigenvalue weighted by Crippen LogP contribution is -2.16. The predicted octanol–water partition coefficient (Wildman–Crippen LogP) is 2.01. The molecule has 1 aliphatic rings. The van der Waals surface area contributed by atoms with E-state index in [-0.39, 0.29) is 5.56 Å². The Labute approximate surface area is 110 Å². The fraction of sp³-hybridized carbons (Fsp3) is 0.286. The molecule has 3 rings (SSSR count). The molecule has 1 aromatic heterocycles. The van der Waals surface area contributed by atoms with E-state index in [2.05, 4.69) is 15.3 Å². The molecular weight excluding hydrogens is 242 g/mol. The van der Waals surface area contributed by atoms with Crippen molar-refractivity contribution in [1.29, 1.82) is 0 Å². The van der Waals surface area contributed by atoms with Crippen molar-refractivity contribution in [1.82, 2.24) is 9.97 Å². The average Bonchev–Trinajstić information content (AvgIpc) is 2.88. The number of H-pyrrole nitrogens is 1. The molecule has 0 unspecified atom stereocenters. The predicted molar refractivity (Wildman–Crippen MR) is 73.2 cm³/mol. The Hall–Kier alpha value is -2.30. The van der Waals surface area contributed by atoms with E-state index in [0.29, 0.717) is 5.95 Å². The maximum Gasteiger partial charge on any atom is 0.255 e. The molecule has 0 amide bonds. The molecule has 0 fully saturated rings. The molecule has 0 bridgehead atoms. The van der Waals surface area contributed by atoms with Gasteiger partial charge in [0.05, 0.1) is 12.8 Å². The van der Waals surface area contributed by atoms with Crippen LogP contribution < -0.4 is 15.6 Å². The number of nitrogens with zero attached hydrogens (tertiary/aromatic N) is 1. The van der Waals surface area contributed by atoms with Crippen LogP contribution in [0.1, 0.15) is 17.7 Å². The number of aromatic nitrogens is 2. The number of benzene rings is 1. The van der Waals surface area contributed by atoms with Gasteiger partial charge in [-0.05, 0) is 43.5 Å². The largest absolute Gasteiger partial charge is 0.497 e. The summed E-state index contributed by atoms with van der Waals surface area (Å²) in [7, 11) is 1.63. The van der Waals surface area contributed by atoms with Crippen molar-refractivity contribution in [2.24, 2.45) is 0 Å². The van der Waals surface area contributed by atoms with E-state index in [1.54, 1.807) is 7.11 Å². The van der Waals surface area contributed by atoms with Gasteiger partial charge in [-0.2, -0.15) is 0 Å². The Morgan fingerprint density at radius 2 is 2.05 bits per heavy atom. The lowest BCUT2D eigenvalue weighted by Gasteiger charge is -2.07. The molecule has 1 heterocycles. The van der Waals surface area contributed by atoms with E-state index in [4.69, 9.17) is 4.74 Å². The highest BCUT2D eigenvalue weighted by atomic mass is 16.5. The molecule has 0 atom stereocenters. The summed E-state index contributed by atoms with van der Waals surface area (Å²) in [6.45, 7) is 0. The van der Waals surface area contributed by atoms with Gasteiger partial charge in [-0.3, -0.25) is 9.78 Å². The summed E-state index contributed by atoms with van der Waals surface area (Å²) in [5.74, 6) is 1.29. The molecule has 5 heteroatoms. The van der Waals surface area contributed by atoms with E-state index in [9.17, 15) is 4.79 Å². The van der Waals surface area contributed by atoms with Gasteiger partial charge in [-0.25, -0.2) is 4.98 Å². The number of ether oxygens (including phenoxy) is 1. The molecule has 0 aliphatic heterocycles. The summed E-state index contributed by atoms with van der Waals surface area (Å²) in [6, 6.07) is 7.47. The maximum atomic E-state index is 11.9. The van der Waals surface area contributed by atoms with Crippen LogP contribution in [0, 0.1) is 0 Å². The molecule has 2 aromatic rings. The minimum atomic E-state index is -0.0292. The van der Waals surface area contributed by atoms with Crippen LogP contribution in [0.4, 0.5) is 11.6 Å². The lowest BCUT2D eigenvalue weighted by atomic mass is 10.2. The van der Waals surface area contributed by atoms with Crippen LogP contribution in [0.25, 0.3) is 0 Å². The molecule has 19 heavy (non-hydrogen) atoms. The Morgan fingerprint density at radius 1 is 1.26 bits per heavy atom. The Balaban J connectivity index is 1.87. The van der Waals surface area contributed by atoms with Gasteiger partial charge in [-0.15, -0.1) is 0 Å². The number of hydrogen-bond acceptors (Lipinski definition) is 4. The van der Waals surface area contributed by atoms with Crippen molar-refractivity contribution >= 4 is 11.6 Å². The van der Waals surface area contributed by atoms with E-state index in [0.717, 1.165) is 42.0 Å². The number of anilines is 2. The smallest absolute Gasteiger partial charge is 0.255 e. The van der Waals surface area contributed by atoms with Gasteiger partial charge in [0.15, 0.2) is 0 Å². The molecule has 1 aromatic carbocycles.